The molecule has 2 rings (SSSR count). The van der Waals surface area contributed by atoms with Crippen LogP contribution in [0.2, 0.25) is 0 Å². The zero-order chi connectivity index (χ0) is 15.6. The van der Waals surface area contributed by atoms with E-state index in [2.05, 4.69) is 0 Å². The van der Waals surface area contributed by atoms with Crippen LogP contribution in [0.15, 0.2) is 18.2 Å². The standard InChI is InChI=1S/C15H19NO5/c1-15(2,14(18)19)16(3)13(17)9-10-4-5-11-12(8-10)21-7-6-20-11/h4-5,8H,6-7,9H2,1-3H3,(H,18,19). The van der Waals surface area contributed by atoms with E-state index in [1.807, 2.05) is 0 Å². The van der Waals surface area contributed by atoms with Crippen LogP contribution in [0.1, 0.15) is 19.4 Å². The van der Waals surface area contributed by atoms with Gasteiger partial charge in [-0.05, 0) is 31.5 Å². The Morgan fingerprint density at radius 1 is 1.24 bits per heavy atom. The highest BCUT2D eigenvalue weighted by molar-refractivity contribution is 5.87. The van der Waals surface area contributed by atoms with E-state index in [1.165, 1.54) is 25.8 Å². The van der Waals surface area contributed by atoms with Gasteiger partial charge in [0.2, 0.25) is 5.91 Å². The third-order valence-electron chi connectivity index (χ3n) is 3.70. The van der Waals surface area contributed by atoms with Gasteiger partial charge in [0.05, 0.1) is 6.42 Å². The van der Waals surface area contributed by atoms with Gasteiger partial charge in [-0.25, -0.2) is 4.79 Å². The normalized spacial score (nSPS) is 13.7. The lowest BCUT2D eigenvalue weighted by Gasteiger charge is -2.31. The lowest BCUT2D eigenvalue weighted by Crippen LogP contribution is -2.51. The Balaban J connectivity index is 2.11. The molecule has 1 N–H and O–H groups in total. The van der Waals surface area contributed by atoms with E-state index in [4.69, 9.17) is 14.6 Å². The number of nitrogens with zero attached hydrogens (tertiary/aromatic N) is 1. The fraction of sp³-hybridized carbons (Fsp3) is 0.467. The van der Waals surface area contributed by atoms with Gasteiger partial charge in [-0.2, -0.15) is 0 Å². The molecular weight excluding hydrogens is 274 g/mol. The molecular formula is C15H19NO5. The molecule has 21 heavy (non-hydrogen) atoms. The number of hydrogen-bond acceptors (Lipinski definition) is 4. The van der Waals surface area contributed by atoms with E-state index in [0.717, 1.165) is 5.56 Å². The molecule has 1 amide bonds. The van der Waals surface area contributed by atoms with Gasteiger partial charge in [-0.15, -0.1) is 0 Å². The molecule has 6 heteroatoms. The van der Waals surface area contributed by atoms with Crippen LogP contribution in [0, 0.1) is 0 Å². The summed E-state index contributed by atoms with van der Waals surface area (Å²) in [7, 11) is 1.49. The van der Waals surface area contributed by atoms with E-state index in [0.29, 0.717) is 24.7 Å². The zero-order valence-electron chi connectivity index (χ0n) is 12.4. The van der Waals surface area contributed by atoms with Gasteiger partial charge in [0.15, 0.2) is 11.5 Å². The first-order valence-electron chi connectivity index (χ1n) is 6.71. The van der Waals surface area contributed by atoms with Crippen molar-refractivity contribution in [3.63, 3.8) is 0 Å². The maximum Gasteiger partial charge on any atom is 0.329 e. The van der Waals surface area contributed by atoms with Crippen LogP contribution in [0.3, 0.4) is 0 Å². The second-order valence-corrected chi connectivity index (χ2v) is 5.47. The van der Waals surface area contributed by atoms with Crippen molar-refractivity contribution in [2.45, 2.75) is 25.8 Å². The number of aliphatic carboxylic acids is 1. The molecule has 0 fully saturated rings. The Bertz CT molecular complexity index is 567. The number of carbonyl (C=O) groups excluding carboxylic acids is 1. The Morgan fingerprint density at radius 3 is 2.48 bits per heavy atom. The number of carboxylic acids is 1. The predicted molar refractivity (Wildman–Crippen MR) is 75.6 cm³/mol. The Morgan fingerprint density at radius 2 is 1.86 bits per heavy atom. The number of carbonyl (C=O) groups is 2. The molecule has 0 unspecified atom stereocenters. The zero-order valence-corrected chi connectivity index (χ0v) is 12.4. The third kappa shape index (κ3) is 3.09. The van der Waals surface area contributed by atoms with Crippen molar-refractivity contribution in [3.05, 3.63) is 23.8 Å². The number of likely N-dealkylation sites (N-methyl/N-ethyl adjacent to an activating group) is 1. The van der Waals surface area contributed by atoms with Crippen molar-refractivity contribution in [2.24, 2.45) is 0 Å². The maximum absolute atomic E-state index is 12.2. The SMILES string of the molecule is CN(C(=O)Cc1ccc2c(c1)OCCO2)C(C)(C)C(=O)O. The molecule has 0 aliphatic carbocycles. The average Bonchev–Trinajstić information content (AvgIpc) is 2.46. The van der Waals surface area contributed by atoms with Crippen LogP contribution in [-0.4, -0.2) is 47.7 Å². The van der Waals surface area contributed by atoms with Crippen molar-refractivity contribution < 1.29 is 24.2 Å². The summed E-state index contributed by atoms with van der Waals surface area (Å²) in [5.41, 5.74) is -0.484. The van der Waals surface area contributed by atoms with Gasteiger partial charge >= 0.3 is 5.97 Å². The summed E-state index contributed by atoms with van der Waals surface area (Å²) in [5, 5.41) is 9.15. The summed E-state index contributed by atoms with van der Waals surface area (Å²) >= 11 is 0. The first kappa shape index (κ1) is 15.2. The quantitative estimate of drug-likeness (QED) is 0.906. The van der Waals surface area contributed by atoms with Crippen LogP contribution < -0.4 is 9.47 Å². The summed E-state index contributed by atoms with van der Waals surface area (Å²) in [6.45, 7) is 3.99. The molecule has 1 aromatic carbocycles. The third-order valence-corrected chi connectivity index (χ3v) is 3.70. The molecule has 0 spiro atoms. The average molecular weight is 293 g/mol. The maximum atomic E-state index is 12.2. The van der Waals surface area contributed by atoms with E-state index in [9.17, 15) is 9.59 Å². The van der Waals surface area contributed by atoms with Gasteiger partial charge in [0.25, 0.3) is 0 Å². The highest BCUT2D eigenvalue weighted by Gasteiger charge is 2.35. The molecule has 0 bridgehead atoms. The molecule has 0 saturated carbocycles. The number of ether oxygens (including phenoxy) is 2. The van der Waals surface area contributed by atoms with E-state index in [1.54, 1.807) is 18.2 Å². The lowest BCUT2D eigenvalue weighted by atomic mass is 10.0. The second-order valence-electron chi connectivity index (χ2n) is 5.47. The van der Waals surface area contributed by atoms with Crippen molar-refractivity contribution in [1.82, 2.24) is 4.90 Å². The highest BCUT2D eigenvalue weighted by Crippen LogP contribution is 2.31. The largest absolute Gasteiger partial charge is 0.486 e. The summed E-state index contributed by atoms with van der Waals surface area (Å²) in [6, 6.07) is 5.31. The van der Waals surface area contributed by atoms with Crippen molar-refractivity contribution >= 4 is 11.9 Å². The van der Waals surface area contributed by atoms with Crippen LogP contribution in [0.5, 0.6) is 11.5 Å². The molecule has 1 aliphatic heterocycles. The minimum Gasteiger partial charge on any atom is -0.486 e. The minimum absolute atomic E-state index is 0.115. The van der Waals surface area contributed by atoms with Crippen LogP contribution in [0.25, 0.3) is 0 Å². The van der Waals surface area contributed by atoms with Crippen LogP contribution >= 0.6 is 0 Å². The van der Waals surface area contributed by atoms with Crippen molar-refractivity contribution in [1.29, 1.82) is 0 Å². The Labute approximate surface area is 123 Å². The molecule has 1 aromatic rings. The fourth-order valence-corrected chi connectivity index (χ4v) is 1.95. The molecule has 114 valence electrons. The van der Waals surface area contributed by atoms with Crippen LogP contribution in [-0.2, 0) is 16.0 Å². The van der Waals surface area contributed by atoms with Crippen molar-refractivity contribution in [3.8, 4) is 11.5 Å². The number of fused-ring (bicyclic) bond motifs is 1. The Kier molecular flexibility index (Phi) is 4.06. The van der Waals surface area contributed by atoms with Gasteiger partial charge in [0.1, 0.15) is 18.8 Å². The van der Waals surface area contributed by atoms with Crippen molar-refractivity contribution in [2.75, 3.05) is 20.3 Å². The van der Waals surface area contributed by atoms with Gasteiger partial charge in [-0.3, -0.25) is 4.79 Å². The lowest BCUT2D eigenvalue weighted by molar-refractivity contribution is -0.155. The van der Waals surface area contributed by atoms with Crippen LogP contribution in [0.4, 0.5) is 0 Å². The van der Waals surface area contributed by atoms with E-state index >= 15 is 0 Å². The molecule has 1 heterocycles. The summed E-state index contributed by atoms with van der Waals surface area (Å²) < 4.78 is 10.9. The van der Waals surface area contributed by atoms with Gasteiger partial charge in [-0.1, -0.05) is 6.07 Å². The summed E-state index contributed by atoms with van der Waals surface area (Å²) in [6.07, 6.45) is 0.115. The minimum atomic E-state index is -1.25. The van der Waals surface area contributed by atoms with Gasteiger partial charge < -0.3 is 19.5 Å². The summed E-state index contributed by atoms with van der Waals surface area (Å²) in [5.74, 6) is -0.0250. The molecule has 0 aromatic heterocycles. The van der Waals surface area contributed by atoms with Gasteiger partial charge in [0, 0.05) is 7.05 Å². The number of hydrogen-bond donors (Lipinski definition) is 1. The number of benzene rings is 1. The molecule has 0 atom stereocenters. The number of carboxylic acid groups (broad SMARTS) is 1. The first-order chi connectivity index (χ1) is 9.82. The molecule has 0 saturated heterocycles. The number of rotatable bonds is 4. The Hall–Kier alpha value is -2.24. The first-order valence-corrected chi connectivity index (χ1v) is 6.71. The highest BCUT2D eigenvalue weighted by atomic mass is 16.6. The fourth-order valence-electron chi connectivity index (χ4n) is 1.95. The van der Waals surface area contributed by atoms with E-state index < -0.39 is 11.5 Å². The van der Waals surface area contributed by atoms with E-state index in [-0.39, 0.29) is 12.3 Å². The smallest absolute Gasteiger partial charge is 0.329 e. The number of amides is 1. The molecule has 6 nitrogen and oxygen atoms in total. The molecule has 0 radical (unpaired) electrons. The molecule has 1 aliphatic rings. The summed E-state index contributed by atoms with van der Waals surface area (Å²) in [4.78, 5) is 24.6. The monoisotopic (exact) mass is 293 g/mol. The second kappa shape index (κ2) is 5.63. The predicted octanol–water partition coefficient (Wildman–Crippen LogP) is 1.32. The topological polar surface area (TPSA) is 76.1 Å².